The minimum atomic E-state index is -0.570. The number of carbonyl (C=O) groups is 1. The van der Waals surface area contributed by atoms with Gasteiger partial charge in [0.05, 0.1) is 5.56 Å². The molecular formula is C14H22ClN3O2. The van der Waals surface area contributed by atoms with Gasteiger partial charge in [-0.1, -0.05) is 11.6 Å². The summed E-state index contributed by atoms with van der Waals surface area (Å²) in [6, 6.07) is 3.18. The van der Waals surface area contributed by atoms with E-state index in [1.807, 2.05) is 27.9 Å². The third kappa shape index (κ3) is 5.86. The maximum Gasteiger partial charge on any atom is 0.340 e. The fourth-order valence-corrected chi connectivity index (χ4v) is 1.98. The van der Waals surface area contributed by atoms with Crippen molar-refractivity contribution in [3.05, 3.63) is 29.0 Å². The lowest BCUT2D eigenvalue weighted by Gasteiger charge is -2.30. The van der Waals surface area contributed by atoms with Crippen molar-refractivity contribution in [3.63, 3.8) is 0 Å². The van der Waals surface area contributed by atoms with E-state index in [-0.39, 0.29) is 5.97 Å². The summed E-state index contributed by atoms with van der Waals surface area (Å²) in [5.74, 6) is -0.388. The number of likely N-dealkylation sites (N-methyl/N-ethyl adjacent to an activating group) is 2. The average molecular weight is 300 g/mol. The summed E-state index contributed by atoms with van der Waals surface area (Å²) in [7, 11) is 3.91. The van der Waals surface area contributed by atoms with Crippen molar-refractivity contribution in [3.8, 4) is 0 Å². The van der Waals surface area contributed by atoms with Gasteiger partial charge in [0, 0.05) is 25.8 Å². The molecule has 0 aliphatic rings. The monoisotopic (exact) mass is 299 g/mol. The molecule has 0 radical (unpaired) electrons. The molecule has 1 aromatic heterocycles. The van der Waals surface area contributed by atoms with Gasteiger partial charge in [-0.2, -0.15) is 0 Å². The normalized spacial score (nSPS) is 11.7. The van der Waals surface area contributed by atoms with Gasteiger partial charge in [0.1, 0.15) is 10.8 Å². The number of esters is 1. The number of nitrogens with zero attached hydrogens (tertiary/aromatic N) is 2. The van der Waals surface area contributed by atoms with E-state index in [1.165, 1.54) is 6.20 Å². The van der Waals surface area contributed by atoms with Gasteiger partial charge in [0.15, 0.2) is 0 Å². The fraction of sp³-hybridized carbons (Fsp3) is 0.571. The number of rotatable bonds is 7. The highest BCUT2D eigenvalue weighted by atomic mass is 35.5. The molecule has 0 aliphatic heterocycles. The summed E-state index contributed by atoms with van der Waals surface area (Å²) in [5.41, 5.74) is -0.167. The largest absolute Gasteiger partial charge is 0.455 e. The Morgan fingerprint density at radius 1 is 1.50 bits per heavy atom. The van der Waals surface area contributed by atoms with Gasteiger partial charge < -0.3 is 15.0 Å². The second kappa shape index (κ2) is 7.57. The van der Waals surface area contributed by atoms with Crippen molar-refractivity contribution in [2.75, 3.05) is 33.7 Å². The fourth-order valence-electron chi connectivity index (χ4n) is 1.87. The van der Waals surface area contributed by atoms with Gasteiger partial charge in [-0.3, -0.25) is 0 Å². The summed E-state index contributed by atoms with van der Waals surface area (Å²) in [6.45, 7) is 6.22. The van der Waals surface area contributed by atoms with Gasteiger partial charge >= 0.3 is 5.97 Å². The van der Waals surface area contributed by atoms with Gasteiger partial charge in [0.25, 0.3) is 0 Å². The van der Waals surface area contributed by atoms with E-state index in [1.54, 1.807) is 12.1 Å². The molecule has 0 saturated heterocycles. The molecule has 0 aromatic carbocycles. The standard InChI is InChI=1S/C14H22ClN3O2/c1-14(2,10-18(4)8-7-16-3)20-13(19)11-5-6-12(15)17-9-11/h5-6,9,16H,7-8,10H2,1-4H3. The summed E-state index contributed by atoms with van der Waals surface area (Å²) in [6.07, 6.45) is 1.42. The third-order valence-corrected chi connectivity index (χ3v) is 2.95. The van der Waals surface area contributed by atoms with E-state index >= 15 is 0 Å². The van der Waals surface area contributed by atoms with Crippen LogP contribution in [0.4, 0.5) is 0 Å². The molecule has 0 saturated carbocycles. The maximum atomic E-state index is 12.0. The van der Waals surface area contributed by atoms with Gasteiger partial charge in [-0.05, 0) is 40.1 Å². The number of hydrogen-bond donors (Lipinski definition) is 1. The van der Waals surface area contributed by atoms with Crippen LogP contribution >= 0.6 is 11.6 Å². The Morgan fingerprint density at radius 3 is 2.75 bits per heavy atom. The lowest BCUT2D eigenvalue weighted by atomic mass is 10.1. The topological polar surface area (TPSA) is 54.5 Å². The smallest absolute Gasteiger partial charge is 0.340 e. The second-order valence-corrected chi connectivity index (χ2v) is 5.75. The Labute approximate surface area is 125 Å². The van der Waals surface area contributed by atoms with Crippen LogP contribution in [0.1, 0.15) is 24.2 Å². The molecule has 0 spiro atoms. The Kier molecular flexibility index (Phi) is 6.39. The first kappa shape index (κ1) is 16.9. The minimum Gasteiger partial charge on any atom is -0.455 e. The highest BCUT2D eigenvalue weighted by molar-refractivity contribution is 6.29. The molecule has 112 valence electrons. The van der Waals surface area contributed by atoms with E-state index in [9.17, 15) is 4.79 Å². The first-order chi connectivity index (χ1) is 9.34. The highest BCUT2D eigenvalue weighted by Gasteiger charge is 2.25. The van der Waals surface area contributed by atoms with Crippen molar-refractivity contribution in [2.45, 2.75) is 19.4 Å². The van der Waals surface area contributed by atoms with E-state index in [2.05, 4.69) is 15.2 Å². The molecular weight excluding hydrogens is 278 g/mol. The molecule has 0 amide bonds. The van der Waals surface area contributed by atoms with E-state index in [0.29, 0.717) is 17.3 Å². The predicted molar refractivity (Wildman–Crippen MR) is 80.2 cm³/mol. The van der Waals surface area contributed by atoms with Crippen LogP contribution < -0.4 is 5.32 Å². The summed E-state index contributed by atoms with van der Waals surface area (Å²) in [4.78, 5) is 18.0. The van der Waals surface area contributed by atoms with Crippen LogP contribution in [0.15, 0.2) is 18.3 Å². The number of nitrogens with one attached hydrogen (secondary N) is 1. The summed E-state index contributed by atoms with van der Waals surface area (Å²) in [5, 5.41) is 3.44. The summed E-state index contributed by atoms with van der Waals surface area (Å²) < 4.78 is 5.53. The van der Waals surface area contributed by atoms with Crippen LogP contribution in [0.2, 0.25) is 5.15 Å². The molecule has 1 N–H and O–H groups in total. The Balaban J connectivity index is 2.56. The molecule has 1 heterocycles. The summed E-state index contributed by atoms with van der Waals surface area (Å²) >= 11 is 5.69. The van der Waals surface area contributed by atoms with E-state index in [4.69, 9.17) is 16.3 Å². The van der Waals surface area contributed by atoms with E-state index < -0.39 is 5.60 Å². The number of pyridine rings is 1. The lowest BCUT2D eigenvalue weighted by Crippen LogP contribution is -2.42. The predicted octanol–water partition coefficient (Wildman–Crippen LogP) is 1.82. The van der Waals surface area contributed by atoms with Crippen LogP contribution in [0.3, 0.4) is 0 Å². The number of hydrogen-bond acceptors (Lipinski definition) is 5. The molecule has 5 nitrogen and oxygen atoms in total. The number of ether oxygens (including phenoxy) is 1. The number of aromatic nitrogens is 1. The van der Waals surface area contributed by atoms with Crippen molar-refractivity contribution in [2.24, 2.45) is 0 Å². The SMILES string of the molecule is CNCCN(C)CC(C)(C)OC(=O)c1ccc(Cl)nc1. The van der Waals surface area contributed by atoms with Crippen molar-refractivity contribution < 1.29 is 9.53 Å². The molecule has 6 heteroatoms. The third-order valence-electron chi connectivity index (χ3n) is 2.73. The lowest BCUT2D eigenvalue weighted by molar-refractivity contribution is -0.0132. The van der Waals surface area contributed by atoms with Gasteiger partial charge in [0.2, 0.25) is 0 Å². The molecule has 1 aromatic rings. The Bertz CT molecular complexity index is 435. The van der Waals surface area contributed by atoms with Gasteiger partial charge in [-0.25, -0.2) is 9.78 Å². The molecule has 0 unspecified atom stereocenters. The second-order valence-electron chi connectivity index (χ2n) is 5.36. The molecule has 0 atom stereocenters. The number of carbonyl (C=O) groups excluding carboxylic acids is 1. The number of halogens is 1. The van der Waals surface area contributed by atoms with E-state index in [0.717, 1.165) is 13.1 Å². The van der Waals surface area contributed by atoms with Crippen molar-refractivity contribution in [1.82, 2.24) is 15.2 Å². The zero-order valence-electron chi connectivity index (χ0n) is 12.4. The molecule has 0 bridgehead atoms. The molecule has 0 fully saturated rings. The van der Waals surface area contributed by atoms with Crippen molar-refractivity contribution in [1.29, 1.82) is 0 Å². The zero-order chi connectivity index (χ0) is 15.2. The molecule has 20 heavy (non-hydrogen) atoms. The average Bonchev–Trinajstić information content (AvgIpc) is 2.35. The van der Waals surface area contributed by atoms with Crippen LogP contribution in [0.25, 0.3) is 0 Å². The Hall–Kier alpha value is -1.17. The quantitative estimate of drug-likeness (QED) is 0.615. The highest BCUT2D eigenvalue weighted by Crippen LogP contribution is 2.15. The molecule has 0 aliphatic carbocycles. The Morgan fingerprint density at radius 2 is 2.20 bits per heavy atom. The maximum absolute atomic E-state index is 12.0. The first-order valence-corrected chi connectivity index (χ1v) is 6.90. The van der Waals surface area contributed by atoms with Crippen LogP contribution in [-0.4, -0.2) is 55.2 Å². The van der Waals surface area contributed by atoms with Crippen molar-refractivity contribution >= 4 is 17.6 Å². The minimum absolute atomic E-state index is 0.354. The van der Waals surface area contributed by atoms with Crippen LogP contribution in [0.5, 0.6) is 0 Å². The first-order valence-electron chi connectivity index (χ1n) is 6.52. The van der Waals surface area contributed by atoms with Crippen LogP contribution in [-0.2, 0) is 4.74 Å². The van der Waals surface area contributed by atoms with Gasteiger partial charge in [-0.15, -0.1) is 0 Å². The zero-order valence-corrected chi connectivity index (χ0v) is 13.2. The van der Waals surface area contributed by atoms with Crippen LogP contribution in [0, 0.1) is 0 Å². The molecule has 1 rings (SSSR count).